The molecule has 0 bridgehead atoms. The summed E-state index contributed by atoms with van der Waals surface area (Å²) in [5, 5.41) is 4.50. The number of aromatic nitrogens is 2. The lowest BCUT2D eigenvalue weighted by Gasteiger charge is -2.16. The number of benzene rings is 1. The van der Waals surface area contributed by atoms with E-state index in [1.807, 2.05) is 0 Å². The summed E-state index contributed by atoms with van der Waals surface area (Å²) in [5.74, 6) is -0.339. The average Bonchev–Trinajstić information content (AvgIpc) is 2.81. The van der Waals surface area contributed by atoms with Gasteiger partial charge in [0, 0.05) is 18.7 Å². The fraction of sp³-hybridized carbons (Fsp3) is 0.250. The first-order valence-corrected chi connectivity index (χ1v) is 7.76. The third-order valence-electron chi connectivity index (χ3n) is 3.49. The Labute approximate surface area is 119 Å². The molecule has 2 heterocycles. The van der Waals surface area contributed by atoms with Crippen molar-refractivity contribution in [3.05, 3.63) is 34.9 Å². The maximum Gasteiger partial charge on any atom is 0.258 e. The number of H-pyrrole nitrogens is 1. The van der Waals surface area contributed by atoms with Gasteiger partial charge in [0.2, 0.25) is 15.9 Å². The Morgan fingerprint density at radius 1 is 1.33 bits per heavy atom. The van der Waals surface area contributed by atoms with E-state index < -0.39 is 15.3 Å². The van der Waals surface area contributed by atoms with E-state index in [0.717, 1.165) is 0 Å². The van der Waals surface area contributed by atoms with Crippen molar-refractivity contribution < 1.29 is 13.2 Å². The van der Waals surface area contributed by atoms with Gasteiger partial charge in [0.15, 0.2) is 0 Å². The molecule has 1 fully saturated rings. The molecular formula is C12H12N4O4S. The van der Waals surface area contributed by atoms with Crippen LogP contribution in [-0.4, -0.2) is 36.1 Å². The van der Waals surface area contributed by atoms with Crippen LogP contribution in [0.25, 0.3) is 10.9 Å². The summed E-state index contributed by atoms with van der Waals surface area (Å²) >= 11 is 0. The second-order valence-corrected chi connectivity index (χ2v) is 6.70. The minimum absolute atomic E-state index is 0.0126. The molecule has 1 aromatic heterocycles. The Morgan fingerprint density at radius 2 is 2.10 bits per heavy atom. The van der Waals surface area contributed by atoms with Gasteiger partial charge in [-0.25, -0.2) is 18.5 Å². The number of fused-ring (bicyclic) bond motifs is 1. The molecule has 1 atom stereocenters. The van der Waals surface area contributed by atoms with Crippen molar-refractivity contribution in [1.29, 1.82) is 0 Å². The highest BCUT2D eigenvalue weighted by Crippen LogP contribution is 2.25. The van der Waals surface area contributed by atoms with Gasteiger partial charge >= 0.3 is 0 Å². The Hall–Kier alpha value is -2.26. The third kappa shape index (κ3) is 2.41. The summed E-state index contributed by atoms with van der Waals surface area (Å²) in [7, 11) is -3.77. The van der Waals surface area contributed by atoms with Gasteiger partial charge in [-0.3, -0.25) is 9.59 Å². The van der Waals surface area contributed by atoms with E-state index in [1.54, 1.807) is 12.1 Å². The molecule has 2 aromatic rings. The molecule has 110 valence electrons. The van der Waals surface area contributed by atoms with Gasteiger partial charge in [0.05, 0.1) is 17.2 Å². The fourth-order valence-corrected chi connectivity index (χ4v) is 3.10. The molecule has 21 heavy (non-hydrogen) atoms. The number of carbonyl (C=O) groups is 1. The number of sulfonamides is 1. The van der Waals surface area contributed by atoms with Crippen molar-refractivity contribution in [2.45, 2.75) is 11.7 Å². The Bertz CT molecular complexity index is 890. The lowest BCUT2D eigenvalue weighted by atomic mass is 10.2. The van der Waals surface area contributed by atoms with Crippen LogP contribution in [0.2, 0.25) is 0 Å². The predicted octanol–water partition coefficient (Wildman–Crippen LogP) is -0.683. The monoisotopic (exact) mass is 308 g/mol. The van der Waals surface area contributed by atoms with E-state index >= 15 is 0 Å². The van der Waals surface area contributed by atoms with E-state index in [1.165, 1.54) is 17.3 Å². The second kappa shape index (κ2) is 4.64. The lowest BCUT2D eigenvalue weighted by Crippen LogP contribution is -2.32. The van der Waals surface area contributed by atoms with Crippen LogP contribution in [0.3, 0.4) is 0 Å². The minimum atomic E-state index is -3.77. The minimum Gasteiger partial charge on any atom is -0.313 e. The van der Waals surface area contributed by atoms with Crippen LogP contribution in [-0.2, 0) is 14.8 Å². The van der Waals surface area contributed by atoms with Crippen LogP contribution >= 0.6 is 0 Å². The van der Waals surface area contributed by atoms with Crippen LogP contribution in [0, 0.1) is 0 Å². The second-order valence-electron chi connectivity index (χ2n) is 4.85. The first-order chi connectivity index (χ1) is 9.86. The van der Waals surface area contributed by atoms with E-state index in [2.05, 4.69) is 9.97 Å². The van der Waals surface area contributed by atoms with E-state index in [9.17, 15) is 18.0 Å². The van der Waals surface area contributed by atoms with E-state index in [-0.39, 0.29) is 24.4 Å². The van der Waals surface area contributed by atoms with Crippen LogP contribution < -0.4 is 15.6 Å². The van der Waals surface area contributed by atoms with Gasteiger partial charge in [-0.2, -0.15) is 0 Å². The predicted molar refractivity (Wildman–Crippen MR) is 76.2 cm³/mol. The van der Waals surface area contributed by atoms with Gasteiger partial charge in [-0.15, -0.1) is 0 Å². The number of anilines is 1. The van der Waals surface area contributed by atoms with E-state index in [0.29, 0.717) is 16.6 Å². The van der Waals surface area contributed by atoms with Crippen LogP contribution in [0.4, 0.5) is 5.69 Å². The first kappa shape index (κ1) is 13.7. The van der Waals surface area contributed by atoms with Crippen molar-refractivity contribution in [2.75, 3.05) is 11.4 Å². The smallest absolute Gasteiger partial charge is 0.258 e. The Morgan fingerprint density at radius 3 is 2.76 bits per heavy atom. The van der Waals surface area contributed by atoms with Gasteiger partial charge in [0.25, 0.3) is 5.56 Å². The van der Waals surface area contributed by atoms with Crippen molar-refractivity contribution in [2.24, 2.45) is 5.14 Å². The summed E-state index contributed by atoms with van der Waals surface area (Å²) < 4.78 is 22.7. The van der Waals surface area contributed by atoms with Crippen LogP contribution in [0.5, 0.6) is 0 Å². The van der Waals surface area contributed by atoms with Gasteiger partial charge in [-0.1, -0.05) is 0 Å². The number of primary sulfonamides is 1. The molecule has 0 saturated carbocycles. The quantitative estimate of drug-likeness (QED) is 0.760. The molecule has 1 saturated heterocycles. The highest BCUT2D eigenvalue weighted by Gasteiger charge is 2.37. The van der Waals surface area contributed by atoms with Crippen molar-refractivity contribution >= 4 is 32.5 Å². The molecule has 1 unspecified atom stereocenters. The highest BCUT2D eigenvalue weighted by atomic mass is 32.2. The third-order valence-corrected chi connectivity index (χ3v) is 4.73. The maximum absolute atomic E-state index is 12.0. The summed E-state index contributed by atoms with van der Waals surface area (Å²) in [6.45, 7) is -0.0126. The molecule has 0 aliphatic carbocycles. The number of nitrogens with zero attached hydrogens (tertiary/aromatic N) is 2. The number of hydrogen-bond donors (Lipinski definition) is 2. The van der Waals surface area contributed by atoms with Crippen molar-refractivity contribution in [3.8, 4) is 0 Å². The molecule has 0 spiro atoms. The van der Waals surface area contributed by atoms with Gasteiger partial charge < -0.3 is 9.88 Å². The number of rotatable bonds is 2. The largest absolute Gasteiger partial charge is 0.313 e. The molecule has 1 aromatic carbocycles. The SMILES string of the molecule is NS(=O)(=O)C1CC(=O)N(c2ccc3nc[nH]c(=O)c3c2)C1. The average molecular weight is 308 g/mol. The van der Waals surface area contributed by atoms with E-state index in [4.69, 9.17) is 5.14 Å². The molecule has 9 heteroatoms. The van der Waals surface area contributed by atoms with Crippen LogP contribution in [0.1, 0.15) is 6.42 Å². The first-order valence-electron chi connectivity index (χ1n) is 6.15. The fourth-order valence-electron chi connectivity index (χ4n) is 2.37. The highest BCUT2D eigenvalue weighted by molar-refractivity contribution is 7.89. The number of aromatic amines is 1. The van der Waals surface area contributed by atoms with Crippen LogP contribution in [0.15, 0.2) is 29.3 Å². The summed E-state index contributed by atoms with van der Waals surface area (Å²) in [6.07, 6.45) is 1.14. The lowest BCUT2D eigenvalue weighted by molar-refractivity contribution is -0.117. The van der Waals surface area contributed by atoms with Gasteiger partial charge in [-0.05, 0) is 18.2 Å². The zero-order valence-electron chi connectivity index (χ0n) is 10.8. The number of nitrogens with two attached hydrogens (primary N) is 1. The summed E-state index contributed by atoms with van der Waals surface area (Å²) in [5.41, 5.74) is 0.630. The summed E-state index contributed by atoms with van der Waals surface area (Å²) in [6, 6.07) is 4.75. The number of carbonyl (C=O) groups excluding carboxylic acids is 1. The zero-order valence-corrected chi connectivity index (χ0v) is 11.6. The van der Waals surface area contributed by atoms with Crippen molar-refractivity contribution in [3.63, 3.8) is 0 Å². The molecule has 8 nitrogen and oxygen atoms in total. The molecular weight excluding hydrogens is 296 g/mol. The number of hydrogen-bond acceptors (Lipinski definition) is 5. The molecule has 1 aliphatic heterocycles. The molecule has 1 amide bonds. The molecule has 3 N–H and O–H groups in total. The number of amides is 1. The summed E-state index contributed by atoms with van der Waals surface area (Å²) in [4.78, 5) is 31.5. The normalized spacial score (nSPS) is 19.4. The topological polar surface area (TPSA) is 126 Å². The number of nitrogens with one attached hydrogen (secondary N) is 1. The molecule has 3 rings (SSSR count). The molecule has 1 aliphatic rings. The van der Waals surface area contributed by atoms with Gasteiger partial charge in [0.1, 0.15) is 5.25 Å². The zero-order chi connectivity index (χ0) is 15.2. The maximum atomic E-state index is 12.0. The Balaban J connectivity index is 2.03. The standard InChI is InChI=1S/C12H12N4O4S/c13-21(19,20)8-4-11(17)16(5-8)7-1-2-10-9(3-7)12(18)15-6-14-10/h1-3,6,8H,4-5H2,(H2,13,19,20)(H,14,15,18). The molecule has 0 radical (unpaired) electrons. The van der Waals surface area contributed by atoms with Crippen molar-refractivity contribution in [1.82, 2.24) is 9.97 Å². The Kier molecular flexibility index (Phi) is 3.03.